The van der Waals surface area contributed by atoms with Crippen LogP contribution in [0.1, 0.15) is 67.2 Å². The number of esters is 2. The van der Waals surface area contributed by atoms with E-state index in [0.29, 0.717) is 7.06 Å². The zero-order chi connectivity index (χ0) is 34.7. The molecule has 2 aliphatic rings. The maximum absolute atomic E-state index is 13.8. The Morgan fingerprint density at radius 1 is 0.783 bits per heavy atom. The average Bonchev–Trinajstić information content (AvgIpc) is 3.42. The summed E-state index contributed by atoms with van der Waals surface area (Å²) < 4.78 is 11.1. The molecule has 4 amide bonds. The van der Waals surface area contributed by atoms with Gasteiger partial charge in [-0.2, -0.15) is 0 Å². The fourth-order valence-corrected chi connectivity index (χ4v) is 10.5. The minimum absolute atomic E-state index is 0.144. The van der Waals surface area contributed by atoms with Crippen molar-refractivity contribution in [2.75, 3.05) is 37.8 Å². The molecule has 0 aliphatic carbocycles. The number of nitrogens with zero attached hydrogens (tertiary/aromatic N) is 2. The van der Waals surface area contributed by atoms with Gasteiger partial charge < -0.3 is 9.47 Å². The molecule has 0 bridgehead atoms. The summed E-state index contributed by atoms with van der Waals surface area (Å²) >= 11 is 16.2. The Kier molecular flexibility index (Phi) is 16.7. The second-order valence-electron chi connectivity index (χ2n) is 11.5. The summed E-state index contributed by atoms with van der Waals surface area (Å²) in [6.45, 7) is 9.76. The van der Waals surface area contributed by atoms with Crippen LogP contribution in [0.4, 0.5) is 0 Å². The first-order chi connectivity index (χ1) is 21.6. The lowest BCUT2D eigenvalue weighted by Crippen LogP contribution is -2.44. The van der Waals surface area contributed by atoms with Crippen LogP contribution in [0.25, 0.3) is 0 Å². The van der Waals surface area contributed by atoms with Crippen LogP contribution >= 0.6 is 71.5 Å². The van der Waals surface area contributed by atoms with E-state index in [9.17, 15) is 28.8 Å². The zero-order valence-electron chi connectivity index (χ0n) is 27.0. The number of thioether (sulfide) groups is 4. The van der Waals surface area contributed by atoms with E-state index in [1.165, 1.54) is 49.1 Å². The molecular weight excluding hydrogens is 709 g/mol. The first kappa shape index (κ1) is 40.7. The zero-order valence-corrected chi connectivity index (χ0v) is 31.9. The van der Waals surface area contributed by atoms with Gasteiger partial charge in [0.05, 0.1) is 24.4 Å². The quantitative estimate of drug-likeness (QED) is 0.0830. The molecular formula is C30H42N2O8S6. The van der Waals surface area contributed by atoms with Crippen molar-refractivity contribution in [2.24, 2.45) is 11.3 Å². The van der Waals surface area contributed by atoms with Crippen LogP contribution < -0.4 is 0 Å². The number of hydrogen-bond donors (Lipinski definition) is 0. The van der Waals surface area contributed by atoms with Gasteiger partial charge in [-0.25, -0.2) is 0 Å². The molecule has 2 rings (SSSR count). The minimum Gasteiger partial charge on any atom is -0.463 e. The molecule has 0 spiro atoms. The molecule has 0 saturated carbocycles. The van der Waals surface area contributed by atoms with E-state index >= 15 is 0 Å². The lowest BCUT2D eigenvalue weighted by Gasteiger charge is -2.30. The number of unbranched alkanes of at least 4 members (excludes halogenated alkanes) is 2. The van der Waals surface area contributed by atoms with E-state index in [4.69, 9.17) is 33.9 Å². The molecule has 2 heterocycles. The van der Waals surface area contributed by atoms with E-state index in [0.717, 1.165) is 70.9 Å². The molecule has 1 fully saturated rings. The SMILES string of the molecule is CCCCSC(=S)SC1C(=O)N(CCOC(=O)C(C)(C)SC(=S)SCCCC)C(=O)C1C(C)(C)C(=O)OCCN1C(=O)C=CC1=O. The number of likely N-dealkylation sites (tertiary alicyclic amines) is 1. The Balaban J connectivity index is 2.12. The summed E-state index contributed by atoms with van der Waals surface area (Å²) in [4.78, 5) is 79.3. The van der Waals surface area contributed by atoms with Gasteiger partial charge in [0.15, 0.2) is 0 Å². The highest BCUT2D eigenvalue weighted by Gasteiger charge is 2.57. The summed E-state index contributed by atoms with van der Waals surface area (Å²) in [6.07, 6.45) is 6.23. The van der Waals surface area contributed by atoms with Crippen molar-refractivity contribution >= 4 is 114 Å². The van der Waals surface area contributed by atoms with Gasteiger partial charge in [-0.05, 0) is 52.0 Å². The molecule has 0 aromatic rings. The summed E-state index contributed by atoms with van der Waals surface area (Å²) in [6, 6.07) is 0. The van der Waals surface area contributed by atoms with Gasteiger partial charge >= 0.3 is 11.9 Å². The second kappa shape index (κ2) is 18.9. The highest BCUT2D eigenvalue weighted by molar-refractivity contribution is 8.48. The smallest absolute Gasteiger partial charge is 0.322 e. The van der Waals surface area contributed by atoms with E-state index in [1.807, 2.05) is 0 Å². The Morgan fingerprint density at radius 3 is 1.83 bits per heavy atom. The van der Waals surface area contributed by atoms with E-state index in [2.05, 4.69) is 13.8 Å². The van der Waals surface area contributed by atoms with Crippen molar-refractivity contribution in [3.05, 3.63) is 12.2 Å². The van der Waals surface area contributed by atoms with Crippen molar-refractivity contribution < 1.29 is 38.2 Å². The molecule has 0 aromatic carbocycles. The number of ether oxygens (including phenoxy) is 2. The van der Waals surface area contributed by atoms with Crippen molar-refractivity contribution in [3.63, 3.8) is 0 Å². The van der Waals surface area contributed by atoms with Crippen molar-refractivity contribution in [1.82, 2.24) is 9.80 Å². The molecule has 0 radical (unpaired) electrons. The lowest BCUT2D eigenvalue weighted by atomic mass is 9.77. The molecule has 2 aliphatic heterocycles. The Hall–Kier alpha value is -1.46. The molecule has 16 heteroatoms. The van der Waals surface area contributed by atoms with Gasteiger partial charge in [0.1, 0.15) is 30.3 Å². The maximum atomic E-state index is 13.8. The third-order valence-electron chi connectivity index (χ3n) is 7.13. The Bertz CT molecular complexity index is 1220. The number of carbonyl (C=O) groups excluding carboxylic acids is 6. The molecule has 46 heavy (non-hydrogen) atoms. The van der Waals surface area contributed by atoms with Crippen LogP contribution in [0.3, 0.4) is 0 Å². The van der Waals surface area contributed by atoms with Crippen LogP contribution in [0, 0.1) is 11.3 Å². The molecule has 2 atom stereocenters. The van der Waals surface area contributed by atoms with Crippen LogP contribution in [0.2, 0.25) is 0 Å². The van der Waals surface area contributed by atoms with Gasteiger partial charge in [0.2, 0.25) is 11.8 Å². The number of rotatable bonds is 17. The predicted octanol–water partition coefficient (Wildman–Crippen LogP) is 5.26. The second-order valence-corrected chi connectivity index (χ2v) is 18.9. The van der Waals surface area contributed by atoms with E-state index < -0.39 is 56.9 Å². The van der Waals surface area contributed by atoms with Crippen molar-refractivity contribution in [1.29, 1.82) is 0 Å². The van der Waals surface area contributed by atoms with Gasteiger partial charge in [-0.15, -0.1) is 23.5 Å². The van der Waals surface area contributed by atoms with Crippen LogP contribution in [-0.2, 0) is 38.2 Å². The number of amides is 4. The third-order valence-corrected chi connectivity index (χ3v) is 12.8. The highest BCUT2D eigenvalue weighted by Crippen LogP contribution is 2.44. The fourth-order valence-electron chi connectivity index (χ4n) is 4.34. The third kappa shape index (κ3) is 11.3. The molecule has 0 aromatic heterocycles. The number of thiocarbonyl (C=S) groups is 2. The summed E-state index contributed by atoms with van der Waals surface area (Å²) in [5.74, 6) is -2.94. The minimum atomic E-state index is -1.47. The van der Waals surface area contributed by atoms with Crippen molar-refractivity contribution in [2.45, 2.75) is 77.2 Å². The monoisotopic (exact) mass is 750 g/mol. The number of carbonyl (C=O) groups is 6. The first-order valence-electron chi connectivity index (χ1n) is 15.0. The summed E-state index contributed by atoms with van der Waals surface area (Å²) in [7, 11) is 0. The molecule has 2 unspecified atom stereocenters. The molecule has 0 N–H and O–H groups in total. The van der Waals surface area contributed by atoms with Gasteiger partial charge in [0, 0.05) is 12.2 Å². The van der Waals surface area contributed by atoms with Crippen LogP contribution in [0.5, 0.6) is 0 Å². The van der Waals surface area contributed by atoms with E-state index in [-0.39, 0.29) is 26.3 Å². The van der Waals surface area contributed by atoms with Crippen molar-refractivity contribution in [3.8, 4) is 0 Å². The molecule has 1 saturated heterocycles. The average molecular weight is 751 g/mol. The van der Waals surface area contributed by atoms with Gasteiger partial charge in [-0.1, -0.05) is 74.6 Å². The number of imide groups is 2. The molecule has 10 nitrogen and oxygen atoms in total. The highest BCUT2D eigenvalue weighted by atomic mass is 32.2. The molecule has 256 valence electrons. The van der Waals surface area contributed by atoms with E-state index in [1.54, 1.807) is 13.8 Å². The lowest BCUT2D eigenvalue weighted by molar-refractivity contribution is -0.161. The summed E-state index contributed by atoms with van der Waals surface area (Å²) in [5.41, 5.74) is -1.47. The van der Waals surface area contributed by atoms with Gasteiger partial charge in [0.25, 0.3) is 11.8 Å². The topological polar surface area (TPSA) is 127 Å². The predicted molar refractivity (Wildman–Crippen MR) is 195 cm³/mol. The Morgan fingerprint density at radius 2 is 1.28 bits per heavy atom. The Labute approximate surface area is 299 Å². The standard InChI is InChI=1S/C30H42N2O8S6/c1-7-9-17-43-27(41)45-22-21(29(3,4)25(37)39-15-13-31-19(33)11-12-20(31)34)23(35)32(24(22)36)14-16-40-26(38)30(5,6)46-28(42)44-18-10-8-2/h11-12,21-22H,7-10,13-18H2,1-6H3. The fraction of sp³-hybridized carbons (Fsp3) is 0.667. The largest absolute Gasteiger partial charge is 0.463 e. The van der Waals surface area contributed by atoms with Crippen LogP contribution in [-0.4, -0.2) is 100 Å². The first-order valence-corrected chi connectivity index (χ1v) is 19.5. The number of hydrogen-bond acceptors (Lipinski definition) is 14. The maximum Gasteiger partial charge on any atom is 0.322 e. The van der Waals surface area contributed by atoms with Crippen LogP contribution in [0.15, 0.2) is 12.2 Å². The summed E-state index contributed by atoms with van der Waals surface area (Å²) in [5, 5.41) is -0.997. The normalized spacial score (nSPS) is 18.5. The van der Waals surface area contributed by atoms with Gasteiger partial charge in [-0.3, -0.25) is 38.6 Å².